The van der Waals surface area contributed by atoms with Gasteiger partial charge in [0.05, 0.1) is 12.0 Å². The first-order valence-electron chi connectivity index (χ1n) is 7.36. The van der Waals surface area contributed by atoms with Crippen molar-refractivity contribution in [1.29, 1.82) is 5.26 Å². The van der Waals surface area contributed by atoms with E-state index in [-0.39, 0.29) is 11.5 Å². The highest BCUT2D eigenvalue weighted by atomic mass is 16.5. The van der Waals surface area contributed by atoms with Crippen LogP contribution in [-0.2, 0) is 0 Å². The molecule has 1 aromatic carbocycles. The molecule has 1 heterocycles. The van der Waals surface area contributed by atoms with E-state index in [0.717, 1.165) is 30.6 Å². The second-order valence-electron chi connectivity index (χ2n) is 6.33. The molecule has 1 aliphatic carbocycles. The Balaban J connectivity index is 2.01. The third-order valence-corrected chi connectivity index (χ3v) is 4.65. The lowest BCUT2D eigenvalue weighted by Crippen LogP contribution is -2.38. The molecular weight excluding hydrogens is 234 g/mol. The predicted octanol–water partition coefficient (Wildman–Crippen LogP) is 4.51. The molecule has 1 atom stereocenters. The number of hydrogen-bond donors (Lipinski definition) is 0. The van der Waals surface area contributed by atoms with E-state index in [4.69, 9.17) is 4.74 Å². The van der Waals surface area contributed by atoms with Crippen molar-refractivity contribution in [2.45, 2.75) is 63.4 Å². The number of nitrogens with zero attached hydrogens (tertiary/aromatic N) is 1. The van der Waals surface area contributed by atoms with Crippen LogP contribution in [0.15, 0.2) is 18.2 Å². The molecule has 0 N–H and O–H groups in total. The molecule has 3 rings (SSSR count). The van der Waals surface area contributed by atoms with Gasteiger partial charge in [-0.25, -0.2) is 0 Å². The molecule has 0 amide bonds. The molecule has 2 aliphatic rings. The Bertz CT molecular complexity index is 521. The van der Waals surface area contributed by atoms with Crippen molar-refractivity contribution in [3.63, 3.8) is 0 Å². The van der Waals surface area contributed by atoms with Crippen molar-refractivity contribution in [2.24, 2.45) is 0 Å². The minimum atomic E-state index is -0.0489. The number of ether oxygens (including phenoxy) is 1. The van der Waals surface area contributed by atoms with E-state index in [1.165, 1.54) is 18.4 Å². The van der Waals surface area contributed by atoms with Gasteiger partial charge in [0, 0.05) is 12.0 Å². The van der Waals surface area contributed by atoms with Crippen molar-refractivity contribution < 1.29 is 4.74 Å². The van der Waals surface area contributed by atoms with Gasteiger partial charge in [-0.05, 0) is 43.2 Å². The van der Waals surface area contributed by atoms with E-state index in [2.05, 4.69) is 38.1 Å². The molecule has 1 aromatic rings. The SMILES string of the molecule is CC(C)c1ccc2c(c1)C(C#N)CC1(CCCC1)O2. The zero-order valence-electron chi connectivity index (χ0n) is 11.8. The number of rotatable bonds is 1. The molecule has 0 aromatic heterocycles. The van der Waals surface area contributed by atoms with Crippen molar-refractivity contribution in [3.8, 4) is 11.8 Å². The van der Waals surface area contributed by atoms with E-state index in [9.17, 15) is 5.26 Å². The fourth-order valence-electron chi connectivity index (χ4n) is 3.49. The summed E-state index contributed by atoms with van der Waals surface area (Å²) in [5.41, 5.74) is 2.35. The third kappa shape index (κ3) is 2.12. The minimum Gasteiger partial charge on any atom is -0.487 e. The summed E-state index contributed by atoms with van der Waals surface area (Å²) in [7, 11) is 0. The monoisotopic (exact) mass is 255 g/mol. The van der Waals surface area contributed by atoms with Crippen LogP contribution in [-0.4, -0.2) is 5.60 Å². The molecule has 100 valence electrons. The maximum absolute atomic E-state index is 9.51. The number of hydrogen-bond acceptors (Lipinski definition) is 2. The zero-order valence-corrected chi connectivity index (χ0v) is 11.8. The topological polar surface area (TPSA) is 33.0 Å². The maximum Gasteiger partial charge on any atom is 0.124 e. The Labute approximate surface area is 115 Å². The van der Waals surface area contributed by atoms with E-state index in [0.29, 0.717) is 5.92 Å². The summed E-state index contributed by atoms with van der Waals surface area (Å²) in [5, 5.41) is 9.51. The van der Waals surface area contributed by atoms with E-state index in [1.807, 2.05) is 0 Å². The second-order valence-corrected chi connectivity index (χ2v) is 6.33. The summed E-state index contributed by atoms with van der Waals surface area (Å²) >= 11 is 0. The molecule has 1 saturated carbocycles. The van der Waals surface area contributed by atoms with Gasteiger partial charge in [-0.3, -0.25) is 0 Å². The Hall–Kier alpha value is -1.49. The van der Waals surface area contributed by atoms with Crippen LogP contribution in [0.4, 0.5) is 0 Å². The minimum absolute atomic E-state index is 0.000509. The summed E-state index contributed by atoms with van der Waals surface area (Å²) in [4.78, 5) is 0. The lowest BCUT2D eigenvalue weighted by molar-refractivity contribution is 0.0484. The molecule has 19 heavy (non-hydrogen) atoms. The zero-order chi connectivity index (χ0) is 13.5. The molecule has 1 aliphatic heterocycles. The van der Waals surface area contributed by atoms with Gasteiger partial charge in [0.25, 0.3) is 0 Å². The number of nitriles is 1. The summed E-state index contributed by atoms with van der Waals surface area (Å²) in [6.07, 6.45) is 5.56. The second kappa shape index (κ2) is 4.56. The largest absolute Gasteiger partial charge is 0.487 e. The first-order valence-corrected chi connectivity index (χ1v) is 7.36. The van der Waals surface area contributed by atoms with Gasteiger partial charge in [0.15, 0.2) is 0 Å². The Morgan fingerprint density at radius 1 is 1.32 bits per heavy atom. The van der Waals surface area contributed by atoms with Crippen LogP contribution in [0.3, 0.4) is 0 Å². The van der Waals surface area contributed by atoms with Gasteiger partial charge in [0.2, 0.25) is 0 Å². The van der Waals surface area contributed by atoms with Gasteiger partial charge in [-0.2, -0.15) is 5.26 Å². The molecule has 1 spiro atoms. The van der Waals surface area contributed by atoms with Crippen molar-refractivity contribution in [2.75, 3.05) is 0 Å². The molecular formula is C17H21NO. The highest BCUT2D eigenvalue weighted by Gasteiger charge is 2.43. The lowest BCUT2D eigenvalue weighted by Gasteiger charge is -2.38. The molecule has 2 heteroatoms. The van der Waals surface area contributed by atoms with Gasteiger partial charge in [-0.1, -0.05) is 26.0 Å². The lowest BCUT2D eigenvalue weighted by atomic mass is 9.81. The van der Waals surface area contributed by atoms with Crippen LogP contribution in [0, 0.1) is 11.3 Å². The van der Waals surface area contributed by atoms with E-state index in [1.54, 1.807) is 0 Å². The van der Waals surface area contributed by atoms with Gasteiger partial charge in [0.1, 0.15) is 11.4 Å². The van der Waals surface area contributed by atoms with E-state index < -0.39 is 0 Å². The average Bonchev–Trinajstić information content (AvgIpc) is 2.85. The quantitative estimate of drug-likeness (QED) is 0.739. The van der Waals surface area contributed by atoms with Crippen molar-refractivity contribution in [1.82, 2.24) is 0 Å². The fraction of sp³-hybridized carbons (Fsp3) is 0.588. The Kier molecular flexibility index (Phi) is 3.01. The van der Waals surface area contributed by atoms with Crippen LogP contribution in [0.1, 0.15) is 68.9 Å². The fourth-order valence-corrected chi connectivity index (χ4v) is 3.49. The standard InChI is InChI=1S/C17H21NO/c1-12(2)13-5-6-16-15(9-13)14(11-18)10-17(19-16)7-3-4-8-17/h5-6,9,12,14H,3-4,7-8,10H2,1-2H3. The smallest absolute Gasteiger partial charge is 0.124 e. The summed E-state index contributed by atoms with van der Waals surface area (Å²) in [5.74, 6) is 1.44. The Morgan fingerprint density at radius 3 is 2.68 bits per heavy atom. The molecule has 1 fully saturated rings. The van der Waals surface area contributed by atoms with Crippen LogP contribution < -0.4 is 4.74 Å². The van der Waals surface area contributed by atoms with Crippen LogP contribution in [0.5, 0.6) is 5.75 Å². The van der Waals surface area contributed by atoms with Gasteiger partial charge >= 0.3 is 0 Å². The van der Waals surface area contributed by atoms with Gasteiger partial charge < -0.3 is 4.74 Å². The number of benzene rings is 1. The first kappa shape index (κ1) is 12.5. The maximum atomic E-state index is 9.51. The molecule has 1 unspecified atom stereocenters. The van der Waals surface area contributed by atoms with E-state index >= 15 is 0 Å². The first-order chi connectivity index (χ1) is 9.13. The normalized spacial score (nSPS) is 24.0. The van der Waals surface area contributed by atoms with Crippen molar-refractivity contribution >= 4 is 0 Å². The summed E-state index contributed by atoms with van der Waals surface area (Å²) < 4.78 is 6.30. The molecule has 0 bridgehead atoms. The number of fused-ring (bicyclic) bond motifs is 1. The molecule has 2 nitrogen and oxygen atoms in total. The summed E-state index contributed by atoms with van der Waals surface area (Å²) in [6.45, 7) is 4.37. The molecule has 0 radical (unpaired) electrons. The predicted molar refractivity (Wildman–Crippen MR) is 75.3 cm³/mol. The highest BCUT2D eigenvalue weighted by molar-refractivity contribution is 5.45. The third-order valence-electron chi connectivity index (χ3n) is 4.65. The van der Waals surface area contributed by atoms with Gasteiger partial charge in [-0.15, -0.1) is 0 Å². The Morgan fingerprint density at radius 2 is 2.05 bits per heavy atom. The van der Waals surface area contributed by atoms with Crippen LogP contribution >= 0.6 is 0 Å². The highest BCUT2D eigenvalue weighted by Crippen LogP contribution is 2.48. The van der Waals surface area contributed by atoms with Crippen LogP contribution in [0.2, 0.25) is 0 Å². The molecule has 0 saturated heterocycles. The van der Waals surface area contributed by atoms with Crippen LogP contribution in [0.25, 0.3) is 0 Å². The van der Waals surface area contributed by atoms with Crippen molar-refractivity contribution in [3.05, 3.63) is 29.3 Å². The average molecular weight is 255 g/mol. The summed E-state index contributed by atoms with van der Waals surface area (Å²) in [6, 6.07) is 8.90.